The van der Waals surface area contributed by atoms with Crippen LogP contribution in [-0.2, 0) is 26.9 Å². The number of nitrogens with one attached hydrogen (secondary N) is 1. The van der Waals surface area contributed by atoms with E-state index in [2.05, 4.69) is 20.3 Å². The van der Waals surface area contributed by atoms with Crippen LogP contribution in [0.2, 0.25) is 0 Å². The van der Waals surface area contributed by atoms with Crippen molar-refractivity contribution in [2.75, 3.05) is 18.0 Å². The van der Waals surface area contributed by atoms with Crippen molar-refractivity contribution in [2.45, 2.75) is 44.1 Å². The van der Waals surface area contributed by atoms with Gasteiger partial charge in [0.25, 0.3) is 5.91 Å². The number of carbonyl (C=O) groups excluding carboxylic acids is 1. The van der Waals surface area contributed by atoms with Gasteiger partial charge in [-0.1, -0.05) is 12.1 Å². The van der Waals surface area contributed by atoms with Crippen LogP contribution in [0.4, 0.5) is 19.0 Å². The second kappa shape index (κ2) is 12.0. The number of ether oxygens (including phenoxy) is 1. The van der Waals surface area contributed by atoms with Gasteiger partial charge in [0.1, 0.15) is 11.6 Å². The Labute approximate surface area is 240 Å². The smallest absolute Gasteiger partial charge is 0.337 e. The zero-order chi connectivity index (χ0) is 30.0. The molecule has 4 heterocycles. The zero-order valence-corrected chi connectivity index (χ0v) is 23.6. The molecule has 0 spiro atoms. The van der Waals surface area contributed by atoms with Crippen molar-refractivity contribution in [2.24, 2.45) is 0 Å². The van der Waals surface area contributed by atoms with Gasteiger partial charge in [-0.2, -0.15) is 8.78 Å². The molecule has 13 heteroatoms. The van der Waals surface area contributed by atoms with Crippen molar-refractivity contribution in [1.82, 2.24) is 20.3 Å². The van der Waals surface area contributed by atoms with E-state index in [1.807, 2.05) is 24.8 Å². The number of hydrogen-bond acceptors (Lipinski definition) is 8. The number of amides is 1. The fraction of sp³-hybridized carbons (Fsp3) is 0.310. The Morgan fingerprint density at radius 1 is 1.02 bits per heavy atom. The standard InChI is InChI=1S/C29H28F3N5O4S/c1-17-14-37(15-18(2)41-17)27-10-22(30)9-26(36-27)24-8-7-21-12-33-23(11-25(21)35-24)13-34-28(38)20-5-3-19(4-6-20)16-42(39,40)29(31)32/h3-12,17-18,29H,13-16H2,1-2H3,(H,34,38)/t17-,18+. The van der Waals surface area contributed by atoms with Crippen molar-refractivity contribution in [3.05, 3.63) is 83.4 Å². The molecule has 0 unspecified atom stereocenters. The van der Waals surface area contributed by atoms with Crippen LogP contribution in [0.15, 0.2) is 60.8 Å². The number of nitrogens with zero attached hydrogens (tertiary/aromatic N) is 4. The minimum Gasteiger partial charge on any atom is -0.372 e. The first-order chi connectivity index (χ1) is 20.0. The fourth-order valence-electron chi connectivity index (χ4n) is 4.76. The van der Waals surface area contributed by atoms with Gasteiger partial charge < -0.3 is 15.0 Å². The van der Waals surface area contributed by atoms with Gasteiger partial charge in [0.15, 0.2) is 0 Å². The van der Waals surface area contributed by atoms with Crippen LogP contribution < -0.4 is 10.2 Å². The number of morpholine rings is 1. The lowest BCUT2D eigenvalue weighted by atomic mass is 10.1. The maximum absolute atomic E-state index is 14.7. The van der Waals surface area contributed by atoms with Gasteiger partial charge in [-0.05, 0) is 49.7 Å². The van der Waals surface area contributed by atoms with Crippen molar-refractivity contribution >= 4 is 32.5 Å². The summed E-state index contributed by atoms with van der Waals surface area (Å²) < 4.78 is 68.5. The molecule has 0 radical (unpaired) electrons. The van der Waals surface area contributed by atoms with E-state index in [-0.39, 0.29) is 29.9 Å². The molecule has 220 valence electrons. The molecule has 2 atom stereocenters. The van der Waals surface area contributed by atoms with Gasteiger partial charge in [-0.25, -0.2) is 22.8 Å². The topological polar surface area (TPSA) is 114 Å². The number of hydrogen-bond donors (Lipinski definition) is 1. The third-order valence-corrected chi connectivity index (χ3v) is 7.98. The molecule has 0 saturated carbocycles. The Morgan fingerprint density at radius 3 is 2.43 bits per heavy atom. The van der Waals surface area contributed by atoms with E-state index >= 15 is 0 Å². The maximum atomic E-state index is 14.7. The van der Waals surface area contributed by atoms with Crippen LogP contribution in [0.1, 0.15) is 35.5 Å². The van der Waals surface area contributed by atoms with Gasteiger partial charge in [-0.15, -0.1) is 0 Å². The summed E-state index contributed by atoms with van der Waals surface area (Å²) in [5.74, 6) is -4.65. The van der Waals surface area contributed by atoms with Gasteiger partial charge >= 0.3 is 5.76 Å². The fourth-order valence-corrected chi connectivity index (χ4v) is 5.54. The molecule has 0 aliphatic carbocycles. The van der Waals surface area contributed by atoms with E-state index in [0.717, 1.165) is 5.39 Å². The molecule has 1 aromatic carbocycles. The summed E-state index contributed by atoms with van der Waals surface area (Å²) in [6, 6.07) is 13.4. The van der Waals surface area contributed by atoms with Gasteiger partial charge in [-0.3, -0.25) is 9.78 Å². The highest BCUT2D eigenvalue weighted by molar-refractivity contribution is 7.90. The number of fused-ring (bicyclic) bond motifs is 1. The summed E-state index contributed by atoms with van der Waals surface area (Å²) in [4.78, 5) is 28.3. The molecule has 9 nitrogen and oxygen atoms in total. The molecule has 3 aromatic heterocycles. The largest absolute Gasteiger partial charge is 0.372 e. The van der Waals surface area contributed by atoms with Crippen molar-refractivity contribution in [1.29, 1.82) is 0 Å². The highest BCUT2D eigenvalue weighted by Gasteiger charge is 2.25. The Hall–Kier alpha value is -4.10. The van der Waals surface area contributed by atoms with Crippen LogP contribution in [0.3, 0.4) is 0 Å². The quantitative estimate of drug-likeness (QED) is 0.315. The SMILES string of the molecule is C[C@@H]1CN(c2cc(F)cc(-c3ccc4cnc(CNC(=O)c5ccc(CS(=O)(=O)C(F)F)cc5)cc4n3)n2)C[C@H](C)O1. The summed E-state index contributed by atoms with van der Waals surface area (Å²) >= 11 is 0. The third kappa shape index (κ3) is 6.85. The van der Waals surface area contributed by atoms with E-state index in [9.17, 15) is 26.4 Å². The third-order valence-electron chi connectivity index (χ3n) is 6.70. The predicted octanol–water partition coefficient (Wildman–Crippen LogP) is 4.51. The van der Waals surface area contributed by atoms with E-state index in [0.29, 0.717) is 41.5 Å². The Kier molecular flexibility index (Phi) is 8.41. The average Bonchev–Trinajstić information content (AvgIpc) is 2.94. The molecular formula is C29H28F3N5O4S. The minimum atomic E-state index is -4.56. The summed E-state index contributed by atoms with van der Waals surface area (Å²) in [5.41, 5.74) is 2.34. The van der Waals surface area contributed by atoms with E-state index < -0.39 is 33.1 Å². The molecule has 1 amide bonds. The van der Waals surface area contributed by atoms with Crippen LogP contribution in [0.25, 0.3) is 22.3 Å². The zero-order valence-electron chi connectivity index (χ0n) is 22.8. The summed E-state index contributed by atoms with van der Waals surface area (Å²) in [5, 5.41) is 3.47. The summed E-state index contributed by atoms with van der Waals surface area (Å²) in [7, 11) is -4.56. The molecule has 1 N–H and O–H groups in total. The number of alkyl halides is 2. The Bertz CT molecular complexity index is 1710. The molecule has 42 heavy (non-hydrogen) atoms. The Morgan fingerprint density at radius 2 is 1.74 bits per heavy atom. The molecule has 5 rings (SSSR count). The first kappa shape index (κ1) is 29.4. The first-order valence-electron chi connectivity index (χ1n) is 13.2. The van der Waals surface area contributed by atoms with Gasteiger partial charge in [0.05, 0.1) is 47.1 Å². The lowest BCUT2D eigenvalue weighted by Crippen LogP contribution is -2.45. The molecule has 4 aromatic rings. The molecule has 1 aliphatic heterocycles. The molecule has 0 bridgehead atoms. The van der Waals surface area contributed by atoms with Gasteiger partial charge in [0, 0.05) is 42.4 Å². The number of benzene rings is 1. The van der Waals surface area contributed by atoms with Crippen LogP contribution in [-0.4, -0.2) is 60.3 Å². The number of anilines is 1. The second-order valence-corrected chi connectivity index (χ2v) is 12.2. The number of sulfone groups is 1. The minimum absolute atomic E-state index is 0.0106. The molecular weight excluding hydrogens is 571 g/mol. The molecule has 1 saturated heterocycles. The monoisotopic (exact) mass is 599 g/mol. The van der Waals surface area contributed by atoms with Crippen LogP contribution >= 0.6 is 0 Å². The first-order valence-corrected chi connectivity index (χ1v) is 14.9. The van der Waals surface area contributed by atoms with E-state index in [1.165, 1.54) is 36.4 Å². The van der Waals surface area contributed by atoms with Crippen molar-refractivity contribution in [3.63, 3.8) is 0 Å². The second-order valence-electron chi connectivity index (χ2n) is 10.2. The Balaban J connectivity index is 1.30. The number of carbonyl (C=O) groups is 1. The van der Waals surface area contributed by atoms with Crippen molar-refractivity contribution in [3.8, 4) is 11.4 Å². The highest BCUT2D eigenvalue weighted by atomic mass is 32.2. The normalized spacial score (nSPS) is 17.5. The predicted molar refractivity (Wildman–Crippen MR) is 151 cm³/mol. The average molecular weight is 600 g/mol. The maximum Gasteiger partial charge on any atom is 0.337 e. The number of halogens is 3. The van der Waals surface area contributed by atoms with Crippen LogP contribution in [0, 0.1) is 5.82 Å². The lowest BCUT2D eigenvalue weighted by Gasteiger charge is -2.36. The summed E-state index contributed by atoms with van der Waals surface area (Å²) in [6.45, 7) is 5.18. The molecule has 1 fully saturated rings. The number of rotatable bonds is 8. The number of pyridine rings is 3. The van der Waals surface area contributed by atoms with E-state index in [1.54, 1.807) is 18.3 Å². The summed E-state index contributed by atoms with van der Waals surface area (Å²) in [6.07, 6.45) is 1.60. The molecule has 1 aliphatic rings. The van der Waals surface area contributed by atoms with Gasteiger partial charge in [0.2, 0.25) is 9.84 Å². The number of aromatic nitrogens is 3. The van der Waals surface area contributed by atoms with Crippen molar-refractivity contribution < 1.29 is 31.1 Å². The lowest BCUT2D eigenvalue weighted by molar-refractivity contribution is -0.00547. The van der Waals surface area contributed by atoms with E-state index in [4.69, 9.17) is 4.74 Å². The highest BCUT2D eigenvalue weighted by Crippen LogP contribution is 2.26. The van der Waals surface area contributed by atoms with Crippen LogP contribution in [0.5, 0.6) is 0 Å².